The molecular weight excluding hydrogens is 368 g/mol. The second-order valence-electron chi connectivity index (χ2n) is 5.03. The number of alkyl halides is 1. The Hall–Kier alpha value is -0.840. The number of aromatic nitrogens is 2. The van der Waals surface area contributed by atoms with E-state index in [0.29, 0.717) is 0 Å². The summed E-state index contributed by atoms with van der Waals surface area (Å²) < 4.78 is 3.34. The van der Waals surface area contributed by atoms with Gasteiger partial charge in [0, 0.05) is 9.35 Å². The quantitative estimate of drug-likeness (QED) is 0.493. The molecule has 0 radical (unpaired) electrons. The molecule has 3 rings (SSSR count). The van der Waals surface area contributed by atoms with Crippen molar-refractivity contribution in [1.29, 1.82) is 0 Å². The van der Waals surface area contributed by atoms with E-state index in [4.69, 9.17) is 16.6 Å². The number of fused-ring (bicyclic) bond motifs is 1. The maximum Gasteiger partial charge on any atom is 0.128 e. The summed E-state index contributed by atoms with van der Waals surface area (Å²) in [6.07, 6.45) is 1.01. The SMILES string of the molecule is CCC(c1cccs1)n1c(C(C)Cl)nc2cc(Br)ccc21. The number of hydrogen-bond donors (Lipinski definition) is 0. The predicted octanol–water partition coefficient (Wildman–Crippen LogP) is 6.16. The number of rotatable bonds is 4. The average Bonchev–Trinajstić information content (AvgIpc) is 3.08. The van der Waals surface area contributed by atoms with Gasteiger partial charge in [0.25, 0.3) is 0 Å². The lowest BCUT2D eigenvalue weighted by molar-refractivity contribution is 0.564. The Balaban J connectivity index is 2.26. The van der Waals surface area contributed by atoms with E-state index in [1.807, 2.05) is 6.92 Å². The highest BCUT2D eigenvalue weighted by Gasteiger charge is 2.22. The molecule has 2 atom stereocenters. The molecule has 21 heavy (non-hydrogen) atoms. The fraction of sp³-hybridized carbons (Fsp3) is 0.312. The fourth-order valence-electron chi connectivity index (χ4n) is 2.69. The number of nitrogens with zero attached hydrogens (tertiary/aromatic N) is 2. The van der Waals surface area contributed by atoms with Crippen LogP contribution in [0, 0.1) is 0 Å². The molecule has 5 heteroatoms. The number of thiophene rings is 1. The Morgan fingerprint density at radius 2 is 2.19 bits per heavy atom. The van der Waals surface area contributed by atoms with E-state index < -0.39 is 0 Å². The molecule has 3 aromatic rings. The van der Waals surface area contributed by atoms with E-state index in [9.17, 15) is 0 Å². The molecule has 0 saturated heterocycles. The highest BCUT2D eigenvalue weighted by atomic mass is 79.9. The minimum absolute atomic E-state index is 0.120. The smallest absolute Gasteiger partial charge is 0.128 e. The standard InChI is InChI=1S/C16H16BrClN2S/c1-3-13(15-5-4-8-21-15)20-14-7-6-11(17)9-12(14)19-16(20)10(2)18/h4-10,13H,3H2,1-2H3. The molecule has 0 aliphatic heterocycles. The first kappa shape index (κ1) is 15.1. The molecule has 2 heterocycles. The molecule has 2 nitrogen and oxygen atoms in total. The summed E-state index contributed by atoms with van der Waals surface area (Å²) in [6.45, 7) is 4.19. The molecule has 2 aromatic heterocycles. The van der Waals surface area contributed by atoms with Gasteiger partial charge >= 0.3 is 0 Å². The molecule has 110 valence electrons. The third kappa shape index (κ3) is 2.77. The molecule has 0 fully saturated rings. The Kier molecular flexibility index (Phi) is 4.38. The normalized spacial score (nSPS) is 14.5. The third-order valence-corrected chi connectivity index (χ3v) is 5.27. The van der Waals surface area contributed by atoms with Crippen LogP contribution in [0.1, 0.15) is 42.4 Å². The molecule has 0 aliphatic carbocycles. The Morgan fingerprint density at radius 3 is 2.81 bits per heavy atom. The first-order chi connectivity index (χ1) is 10.1. The molecular formula is C16H16BrClN2S. The highest BCUT2D eigenvalue weighted by Crippen LogP contribution is 2.35. The van der Waals surface area contributed by atoms with E-state index in [1.165, 1.54) is 4.88 Å². The first-order valence-corrected chi connectivity index (χ1v) is 9.07. The van der Waals surface area contributed by atoms with Crippen LogP contribution in [0.5, 0.6) is 0 Å². The molecule has 0 spiro atoms. The predicted molar refractivity (Wildman–Crippen MR) is 94.5 cm³/mol. The largest absolute Gasteiger partial charge is 0.318 e. The Bertz CT molecular complexity index is 749. The summed E-state index contributed by atoms with van der Waals surface area (Å²) in [5.41, 5.74) is 2.13. The zero-order valence-corrected chi connectivity index (χ0v) is 15.0. The van der Waals surface area contributed by atoms with Crippen molar-refractivity contribution in [2.24, 2.45) is 0 Å². The first-order valence-electron chi connectivity index (χ1n) is 6.96. The van der Waals surface area contributed by atoms with Crippen LogP contribution in [0.25, 0.3) is 11.0 Å². The summed E-state index contributed by atoms with van der Waals surface area (Å²) >= 11 is 11.7. The lowest BCUT2D eigenvalue weighted by Crippen LogP contribution is -2.12. The molecule has 2 unspecified atom stereocenters. The summed E-state index contributed by atoms with van der Waals surface area (Å²) in [4.78, 5) is 6.10. The second-order valence-corrected chi connectivity index (χ2v) is 7.58. The van der Waals surface area contributed by atoms with Crippen molar-refractivity contribution in [2.75, 3.05) is 0 Å². The van der Waals surface area contributed by atoms with Crippen molar-refractivity contribution in [1.82, 2.24) is 9.55 Å². The number of halogens is 2. The van der Waals surface area contributed by atoms with Gasteiger partial charge in [-0.3, -0.25) is 0 Å². The van der Waals surface area contributed by atoms with Crippen LogP contribution in [0.4, 0.5) is 0 Å². The van der Waals surface area contributed by atoms with Gasteiger partial charge in [0.1, 0.15) is 5.82 Å². The van der Waals surface area contributed by atoms with Gasteiger partial charge in [0.2, 0.25) is 0 Å². The summed E-state index contributed by atoms with van der Waals surface area (Å²) in [5, 5.41) is 2.00. The van der Waals surface area contributed by atoms with Crippen molar-refractivity contribution in [2.45, 2.75) is 31.7 Å². The van der Waals surface area contributed by atoms with Crippen LogP contribution < -0.4 is 0 Å². The Labute approximate surface area is 141 Å². The zero-order valence-electron chi connectivity index (χ0n) is 11.9. The topological polar surface area (TPSA) is 17.8 Å². The lowest BCUT2D eigenvalue weighted by atomic mass is 10.1. The maximum absolute atomic E-state index is 6.39. The minimum atomic E-state index is -0.120. The fourth-order valence-corrected chi connectivity index (χ4v) is 4.09. The van der Waals surface area contributed by atoms with Crippen LogP contribution >= 0.6 is 38.9 Å². The zero-order chi connectivity index (χ0) is 15.0. The van der Waals surface area contributed by atoms with Crippen molar-refractivity contribution >= 4 is 49.9 Å². The van der Waals surface area contributed by atoms with Crippen LogP contribution in [0.15, 0.2) is 40.2 Å². The summed E-state index contributed by atoms with van der Waals surface area (Å²) in [7, 11) is 0. The van der Waals surface area contributed by atoms with Gasteiger partial charge in [0.05, 0.1) is 22.5 Å². The third-order valence-electron chi connectivity index (χ3n) is 3.60. The van der Waals surface area contributed by atoms with Gasteiger partial charge < -0.3 is 4.57 Å². The van der Waals surface area contributed by atoms with Crippen molar-refractivity contribution in [3.63, 3.8) is 0 Å². The van der Waals surface area contributed by atoms with Gasteiger partial charge in [-0.25, -0.2) is 4.98 Å². The lowest BCUT2D eigenvalue weighted by Gasteiger charge is -2.20. The van der Waals surface area contributed by atoms with Gasteiger partial charge in [0.15, 0.2) is 0 Å². The van der Waals surface area contributed by atoms with Crippen LogP contribution in [-0.2, 0) is 0 Å². The van der Waals surface area contributed by atoms with E-state index in [2.05, 4.69) is 63.1 Å². The van der Waals surface area contributed by atoms with Crippen LogP contribution in [0.3, 0.4) is 0 Å². The minimum Gasteiger partial charge on any atom is -0.318 e. The maximum atomic E-state index is 6.39. The van der Waals surface area contributed by atoms with Crippen LogP contribution in [-0.4, -0.2) is 9.55 Å². The van der Waals surface area contributed by atoms with E-state index in [0.717, 1.165) is 27.8 Å². The van der Waals surface area contributed by atoms with Crippen LogP contribution in [0.2, 0.25) is 0 Å². The molecule has 0 bridgehead atoms. The number of imidazole rings is 1. The van der Waals surface area contributed by atoms with Crippen molar-refractivity contribution in [3.8, 4) is 0 Å². The van der Waals surface area contributed by atoms with Crippen molar-refractivity contribution < 1.29 is 0 Å². The summed E-state index contributed by atoms with van der Waals surface area (Å²) in [6, 6.07) is 10.8. The van der Waals surface area contributed by atoms with E-state index in [1.54, 1.807) is 11.3 Å². The summed E-state index contributed by atoms with van der Waals surface area (Å²) in [5.74, 6) is 0.935. The molecule has 0 saturated carbocycles. The molecule has 0 amide bonds. The Morgan fingerprint density at radius 1 is 1.38 bits per heavy atom. The van der Waals surface area contributed by atoms with Gasteiger partial charge in [-0.2, -0.15) is 0 Å². The second kappa shape index (κ2) is 6.11. The van der Waals surface area contributed by atoms with E-state index in [-0.39, 0.29) is 11.4 Å². The van der Waals surface area contributed by atoms with Gasteiger partial charge in [-0.1, -0.05) is 28.9 Å². The van der Waals surface area contributed by atoms with Crippen molar-refractivity contribution in [3.05, 3.63) is 50.9 Å². The molecule has 1 aromatic carbocycles. The average molecular weight is 384 g/mol. The highest BCUT2D eigenvalue weighted by molar-refractivity contribution is 9.10. The molecule has 0 N–H and O–H groups in total. The van der Waals surface area contributed by atoms with Gasteiger partial charge in [-0.15, -0.1) is 22.9 Å². The van der Waals surface area contributed by atoms with E-state index >= 15 is 0 Å². The number of hydrogen-bond acceptors (Lipinski definition) is 2. The molecule has 0 aliphatic rings. The monoisotopic (exact) mass is 382 g/mol. The number of benzene rings is 1. The van der Waals surface area contributed by atoms with Gasteiger partial charge in [-0.05, 0) is 43.0 Å².